The van der Waals surface area contributed by atoms with Crippen LogP contribution in [0.25, 0.3) is 0 Å². The lowest BCUT2D eigenvalue weighted by atomic mass is 10.1. The highest BCUT2D eigenvalue weighted by Gasteiger charge is 2.33. The van der Waals surface area contributed by atoms with E-state index >= 15 is 0 Å². The number of hydrogen-bond acceptors (Lipinski definition) is 9. The van der Waals surface area contributed by atoms with Crippen molar-refractivity contribution in [1.82, 2.24) is 14.2 Å². The quantitative estimate of drug-likeness (QED) is 0.222. The van der Waals surface area contributed by atoms with Crippen molar-refractivity contribution in [3.63, 3.8) is 0 Å². The zero-order chi connectivity index (χ0) is 27.5. The molecule has 1 aromatic heterocycles. The zero-order valence-electron chi connectivity index (χ0n) is 22.9. The van der Waals surface area contributed by atoms with Crippen LogP contribution < -0.4 is 21.5 Å². The van der Waals surface area contributed by atoms with Gasteiger partial charge in [-0.3, -0.25) is 19.5 Å². The Morgan fingerprint density at radius 1 is 0.897 bits per heavy atom. The standard InChI is InChI=1S/C28H43N5O5S/c34-27-25(26(28(27)35)31-23-11-14-29-15-12-23)30-13-6-2-1-3-7-17-33(39(36,37)24-9-4-5-10-24)18-8-16-32-19-21-38-22-20-32/h11-12,14-15,24,30H,1-10,13,16-22H2,(H,29,31). The van der Waals surface area contributed by atoms with E-state index in [1.54, 1.807) is 28.8 Å². The van der Waals surface area contributed by atoms with Crippen LogP contribution in [0.1, 0.15) is 64.2 Å². The first-order valence-electron chi connectivity index (χ1n) is 14.5. The van der Waals surface area contributed by atoms with Crippen LogP contribution >= 0.6 is 0 Å². The Balaban J connectivity index is 1.15. The fraction of sp³-hybridized carbons (Fsp3) is 0.679. The lowest BCUT2D eigenvalue weighted by molar-refractivity contribution is 0.0369. The third kappa shape index (κ3) is 8.33. The number of unbranched alkanes of at least 4 members (excludes halogenated alkanes) is 4. The number of anilines is 3. The third-order valence-corrected chi connectivity index (χ3v) is 10.2. The van der Waals surface area contributed by atoms with Gasteiger partial charge in [0.1, 0.15) is 11.4 Å². The summed E-state index contributed by atoms with van der Waals surface area (Å²) >= 11 is 0. The Labute approximate surface area is 231 Å². The molecule has 4 rings (SSSR count). The summed E-state index contributed by atoms with van der Waals surface area (Å²) in [6.07, 6.45) is 12.4. The number of morpholine rings is 1. The van der Waals surface area contributed by atoms with E-state index in [2.05, 4.69) is 20.5 Å². The molecular weight excluding hydrogens is 518 g/mol. The van der Waals surface area contributed by atoms with E-state index in [1.807, 2.05) is 0 Å². The molecular formula is C28H43N5O5S. The second-order valence-electron chi connectivity index (χ2n) is 10.6. The Bertz CT molecular complexity index is 1190. The first-order valence-corrected chi connectivity index (χ1v) is 16.0. The monoisotopic (exact) mass is 561 g/mol. The summed E-state index contributed by atoms with van der Waals surface area (Å²) in [7, 11) is -3.24. The Hall–Kier alpha value is -2.34. The van der Waals surface area contributed by atoms with E-state index in [-0.39, 0.29) is 5.25 Å². The molecule has 2 heterocycles. The molecule has 216 valence electrons. The highest BCUT2D eigenvalue weighted by Crippen LogP contribution is 2.27. The van der Waals surface area contributed by atoms with Gasteiger partial charge in [0.05, 0.1) is 18.5 Å². The van der Waals surface area contributed by atoms with Gasteiger partial charge in [-0.15, -0.1) is 0 Å². The maximum absolute atomic E-state index is 13.3. The molecule has 1 aliphatic carbocycles. The maximum Gasteiger partial charge on any atom is 0.253 e. The fourth-order valence-electron chi connectivity index (χ4n) is 5.47. The SMILES string of the molecule is O=c1c(NCCCCCCCN(CCCN2CCOCC2)S(=O)(=O)C2CCCC2)c(Nc2ccncc2)c1=O. The molecule has 1 saturated carbocycles. The minimum Gasteiger partial charge on any atom is -0.380 e. The van der Waals surface area contributed by atoms with Gasteiger partial charge in [-0.1, -0.05) is 32.1 Å². The number of ether oxygens (including phenoxy) is 1. The molecule has 11 heteroatoms. The first-order chi connectivity index (χ1) is 19.0. The van der Waals surface area contributed by atoms with Crippen LogP contribution in [0.4, 0.5) is 17.1 Å². The van der Waals surface area contributed by atoms with Crippen molar-refractivity contribution < 1.29 is 13.2 Å². The topological polar surface area (TPSA) is 121 Å². The van der Waals surface area contributed by atoms with Crippen LogP contribution in [0.2, 0.25) is 0 Å². The van der Waals surface area contributed by atoms with Crippen molar-refractivity contribution in [2.24, 2.45) is 0 Å². The van der Waals surface area contributed by atoms with Gasteiger partial charge in [0.25, 0.3) is 10.9 Å². The van der Waals surface area contributed by atoms with Gasteiger partial charge in [-0.25, -0.2) is 12.7 Å². The largest absolute Gasteiger partial charge is 0.380 e. The number of nitrogens with one attached hydrogen (secondary N) is 2. The molecule has 0 bridgehead atoms. The van der Waals surface area contributed by atoms with Gasteiger partial charge in [-0.05, 0) is 50.8 Å². The van der Waals surface area contributed by atoms with E-state index in [9.17, 15) is 18.0 Å². The van der Waals surface area contributed by atoms with Crippen LogP contribution in [0.15, 0.2) is 34.1 Å². The highest BCUT2D eigenvalue weighted by atomic mass is 32.2. The van der Waals surface area contributed by atoms with E-state index < -0.39 is 20.9 Å². The lowest BCUT2D eigenvalue weighted by Gasteiger charge is -2.29. The van der Waals surface area contributed by atoms with Gasteiger partial charge in [0, 0.05) is 50.8 Å². The number of pyridine rings is 1. The molecule has 1 saturated heterocycles. The van der Waals surface area contributed by atoms with E-state index in [1.165, 1.54) is 0 Å². The predicted octanol–water partition coefficient (Wildman–Crippen LogP) is 3.08. The average molecular weight is 562 g/mol. The Kier molecular flexibility index (Phi) is 11.3. The summed E-state index contributed by atoms with van der Waals surface area (Å²) < 4.78 is 33.8. The molecule has 2 aromatic rings. The molecule has 0 spiro atoms. The summed E-state index contributed by atoms with van der Waals surface area (Å²) in [6, 6.07) is 3.48. The smallest absolute Gasteiger partial charge is 0.253 e. The zero-order valence-corrected chi connectivity index (χ0v) is 23.7. The number of sulfonamides is 1. The van der Waals surface area contributed by atoms with Crippen molar-refractivity contribution >= 4 is 27.1 Å². The predicted molar refractivity (Wildman–Crippen MR) is 155 cm³/mol. The van der Waals surface area contributed by atoms with Crippen LogP contribution in [-0.4, -0.2) is 80.3 Å². The molecule has 2 N–H and O–H groups in total. The second-order valence-corrected chi connectivity index (χ2v) is 12.8. The average Bonchev–Trinajstić information content (AvgIpc) is 3.52. The molecule has 0 radical (unpaired) electrons. The number of aromatic nitrogens is 1. The summed E-state index contributed by atoms with van der Waals surface area (Å²) in [4.78, 5) is 30.3. The molecule has 39 heavy (non-hydrogen) atoms. The van der Waals surface area contributed by atoms with Gasteiger partial charge < -0.3 is 15.4 Å². The Morgan fingerprint density at radius 2 is 1.54 bits per heavy atom. The van der Waals surface area contributed by atoms with Gasteiger partial charge >= 0.3 is 0 Å². The number of hydrogen-bond donors (Lipinski definition) is 2. The molecule has 2 aliphatic rings. The van der Waals surface area contributed by atoms with Gasteiger partial charge in [0.2, 0.25) is 10.0 Å². The third-order valence-electron chi connectivity index (χ3n) is 7.81. The minimum absolute atomic E-state index is 0.208. The van der Waals surface area contributed by atoms with Crippen molar-refractivity contribution in [1.29, 1.82) is 0 Å². The number of rotatable bonds is 17. The number of nitrogens with zero attached hydrogens (tertiary/aromatic N) is 3. The summed E-state index contributed by atoms with van der Waals surface area (Å²) in [6.45, 7) is 6.08. The van der Waals surface area contributed by atoms with Crippen molar-refractivity contribution in [3.05, 3.63) is 45.0 Å². The molecule has 0 atom stereocenters. The van der Waals surface area contributed by atoms with Crippen molar-refractivity contribution in [3.8, 4) is 0 Å². The van der Waals surface area contributed by atoms with Gasteiger partial charge in [0.15, 0.2) is 0 Å². The first kappa shape index (κ1) is 29.6. The van der Waals surface area contributed by atoms with Crippen molar-refractivity contribution in [2.75, 3.05) is 63.1 Å². The van der Waals surface area contributed by atoms with E-state index in [4.69, 9.17) is 4.74 Å². The Morgan fingerprint density at radius 3 is 2.28 bits per heavy atom. The summed E-state index contributed by atoms with van der Waals surface area (Å²) in [5.41, 5.74) is 0.385. The maximum atomic E-state index is 13.3. The summed E-state index contributed by atoms with van der Waals surface area (Å²) in [5.74, 6) is 0. The van der Waals surface area contributed by atoms with Crippen molar-refractivity contribution in [2.45, 2.75) is 69.5 Å². The molecule has 1 aliphatic heterocycles. The van der Waals surface area contributed by atoms with Crippen LogP contribution in [0, 0.1) is 0 Å². The molecule has 1 aromatic carbocycles. The molecule has 0 unspecified atom stereocenters. The highest BCUT2D eigenvalue weighted by molar-refractivity contribution is 7.89. The second kappa shape index (κ2) is 14.9. The summed E-state index contributed by atoms with van der Waals surface area (Å²) in [5, 5.41) is 5.90. The normalized spacial score (nSPS) is 17.3. The van der Waals surface area contributed by atoms with Crippen LogP contribution in [0.5, 0.6) is 0 Å². The van der Waals surface area contributed by atoms with E-state index in [0.717, 1.165) is 97.1 Å². The lowest BCUT2D eigenvalue weighted by Crippen LogP contribution is -2.41. The fourth-order valence-corrected chi connectivity index (χ4v) is 7.59. The van der Waals surface area contributed by atoms with E-state index in [0.29, 0.717) is 36.7 Å². The molecule has 0 amide bonds. The minimum atomic E-state index is -3.24. The van der Waals surface area contributed by atoms with Gasteiger partial charge in [-0.2, -0.15) is 0 Å². The molecule has 10 nitrogen and oxygen atoms in total. The molecule has 2 fully saturated rings. The van der Waals surface area contributed by atoms with Crippen LogP contribution in [0.3, 0.4) is 0 Å². The van der Waals surface area contributed by atoms with Crippen LogP contribution in [-0.2, 0) is 14.8 Å².